The molecule has 0 unspecified atom stereocenters. The quantitative estimate of drug-likeness (QED) is 0.540. The van der Waals surface area contributed by atoms with Crippen LogP contribution in [-0.2, 0) is 21.2 Å². The number of nitrogens with zero attached hydrogens (tertiary/aromatic N) is 5. The Bertz CT molecular complexity index is 1360. The van der Waals surface area contributed by atoms with Gasteiger partial charge in [-0.3, -0.25) is 9.69 Å². The number of hydrogen-bond acceptors (Lipinski definition) is 8. The summed E-state index contributed by atoms with van der Waals surface area (Å²) in [5, 5.41) is 5.60. The summed E-state index contributed by atoms with van der Waals surface area (Å²) < 4.78 is 29.2. The van der Waals surface area contributed by atoms with Gasteiger partial charge in [-0.05, 0) is 55.0 Å². The molecule has 2 aromatic heterocycles. The smallest absolute Gasteiger partial charge is 0.243 e. The molecule has 1 amide bonds. The molecule has 2 aliphatic rings. The zero-order valence-corrected chi connectivity index (χ0v) is 21.8. The summed E-state index contributed by atoms with van der Waals surface area (Å²) in [6, 6.07) is 5.28. The maximum absolute atomic E-state index is 13.3. The topological polar surface area (TPSA) is 98.7 Å². The highest BCUT2D eigenvalue weighted by atomic mass is 32.2. The number of carbonyl (C=O) groups is 1. The van der Waals surface area contributed by atoms with Crippen LogP contribution in [-0.4, -0.2) is 78.8 Å². The molecule has 9 nitrogen and oxygen atoms in total. The highest BCUT2D eigenvalue weighted by Gasteiger charge is 2.31. The monoisotopic (exact) mass is 514 g/mol. The molecule has 5 rings (SSSR count). The van der Waals surface area contributed by atoms with Crippen molar-refractivity contribution in [3.63, 3.8) is 0 Å². The third-order valence-electron chi connectivity index (χ3n) is 6.74. The van der Waals surface area contributed by atoms with E-state index in [4.69, 9.17) is 0 Å². The van der Waals surface area contributed by atoms with Gasteiger partial charge in [0.2, 0.25) is 15.9 Å². The fourth-order valence-electron chi connectivity index (χ4n) is 4.91. The van der Waals surface area contributed by atoms with E-state index >= 15 is 0 Å². The Balaban J connectivity index is 1.20. The Morgan fingerprint density at radius 1 is 1.17 bits per heavy atom. The van der Waals surface area contributed by atoms with Gasteiger partial charge in [-0.25, -0.2) is 18.4 Å². The first-order valence-electron chi connectivity index (χ1n) is 11.8. The van der Waals surface area contributed by atoms with Crippen molar-refractivity contribution in [2.24, 2.45) is 0 Å². The summed E-state index contributed by atoms with van der Waals surface area (Å²) in [4.78, 5) is 24.9. The van der Waals surface area contributed by atoms with E-state index in [1.807, 2.05) is 0 Å². The van der Waals surface area contributed by atoms with E-state index in [2.05, 4.69) is 39.4 Å². The minimum absolute atomic E-state index is 0.0196. The number of sulfonamides is 1. The number of rotatable bonds is 6. The van der Waals surface area contributed by atoms with Crippen molar-refractivity contribution in [2.75, 3.05) is 49.5 Å². The minimum Gasteiger partial charge on any atom is -0.365 e. The van der Waals surface area contributed by atoms with Gasteiger partial charge in [0.25, 0.3) is 0 Å². The number of hydrogen-bond donors (Lipinski definition) is 1. The fourth-order valence-corrected chi connectivity index (χ4v) is 7.33. The number of aromatic nitrogens is 2. The molecule has 1 N–H and O–H groups in total. The number of benzene rings is 1. The summed E-state index contributed by atoms with van der Waals surface area (Å²) in [6.45, 7) is 9.35. The van der Waals surface area contributed by atoms with Gasteiger partial charge in [-0.15, -0.1) is 11.3 Å². The molecule has 1 fully saturated rings. The molecule has 3 aromatic rings. The van der Waals surface area contributed by atoms with Gasteiger partial charge < -0.3 is 10.2 Å². The van der Waals surface area contributed by atoms with Gasteiger partial charge in [0.05, 0.1) is 15.1 Å². The normalized spacial score (nSPS) is 18.1. The second kappa shape index (κ2) is 9.45. The number of nitrogens with one attached hydrogen (secondary N) is 1. The molecular weight excluding hydrogens is 484 g/mol. The lowest BCUT2D eigenvalue weighted by molar-refractivity contribution is -0.116. The van der Waals surface area contributed by atoms with Crippen LogP contribution < -0.4 is 10.2 Å². The van der Waals surface area contributed by atoms with Crippen LogP contribution in [0.4, 0.5) is 11.5 Å². The number of anilines is 2. The van der Waals surface area contributed by atoms with Crippen LogP contribution in [0, 0.1) is 6.92 Å². The molecule has 11 heteroatoms. The zero-order valence-electron chi connectivity index (χ0n) is 20.2. The van der Waals surface area contributed by atoms with Gasteiger partial charge in [0.15, 0.2) is 0 Å². The average Bonchev–Trinajstić information content (AvgIpc) is 3.43. The van der Waals surface area contributed by atoms with Gasteiger partial charge in [0.1, 0.15) is 12.1 Å². The first-order valence-corrected chi connectivity index (χ1v) is 14.1. The van der Waals surface area contributed by atoms with Crippen molar-refractivity contribution in [2.45, 2.75) is 38.1 Å². The number of fused-ring (bicyclic) bond motifs is 2. The van der Waals surface area contributed by atoms with Gasteiger partial charge in [0, 0.05) is 57.9 Å². The average molecular weight is 515 g/mol. The molecular formula is C24H30N6O3S2. The van der Waals surface area contributed by atoms with Crippen LogP contribution in [0.25, 0.3) is 10.2 Å². The van der Waals surface area contributed by atoms with Crippen molar-refractivity contribution in [3.8, 4) is 0 Å². The molecule has 0 aliphatic carbocycles. The van der Waals surface area contributed by atoms with Crippen molar-refractivity contribution in [1.82, 2.24) is 19.2 Å². The van der Waals surface area contributed by atoms with E-state index in [0.29, 0.717) is 44.0 Å². The molecule has 1 aromatic carbocycles. The van der Waals surface area contributed by atoms with Crippen LogP contribution >= 0.6 is 11.3 Å². The Morgan fingerprint density at radius 3 is 2.69 bits per heavy atom. The second-order valence-electron chi connectivity index (χ2n) is 9.28. The van der Waals surface area contributed by atoms with E-state index in [1.54, 1.807) is 45.1 Å². The lowest BCUT2D eigenvalue weighted by Crippen LogP contribution is -2.50. The van der Waals surface area contributed by atoms with Crippen LogP contribution in [0.5, 0.6) is 0 Å². The maximum Gasteiger partial charge on any atom is 0.243 e. The number of thiophene rings is 1. The van der Waals surface area contributed by atoms with Crippen molar-refractivity contribution in [3.05, 3.63) is 41.0 Å². The van der Waals surface area contributed by atoms with Gasteiger partial charge in [-0.2, -0.15) is 4.31 Å². The van der Waals surface area contributed by atoms with Crippen LogP contribution in [0.15, 0.2) is 34.8 Å². The predicted octanol–water partition coefficient (Wildman–Crippen LogP) is 2.72. The zero-order chi connectivity index (χ0) is 24.7. The van der Waals surface area contributed by atoms with E-state index in [0.717, 1.165) is 39.4 Å². The van der Waals surface area contributed by atoms with Crippen LogP contribution in [0.1, 0.15) is 25.0 Å². The lowest BCUT2D eigenvalue weighted by Gasteiger charge is -2.35. The minimum atomic E-state index is -3.57. The number of piperazine rings is 1. The van der Waals surface area contributed by atoms with Crippen LogP contribution in [0.3, 0.4) is 0 Å². The van der Waals surface area contributed by atoms with Crippen LogP contribution in [0.2, 0.25) is 0 Å². The predicted molar refractivity (Wildman–Crippen MR) is 139 cm³/mol. The largest absolute Gasteiger partial charge is 0.365 e. The Morgan fingerprint density at radius 2 is 1.94 bits per heavy atom. The summed E-state index contributed by atoms with van der Waals surface area (Å²) in [6.07, 6.45) is 2.28. The summed E-state index contributed by atoms with van der Waals surface area (Å²) in [5.74, 6) is 0.829. The second-order valence-corrected chi connectivity index (χ2v) is 12.1. The highest BCUT2D eigenvalue weighted by Crippen LogP contribution is 2.32. The van der Waals surface area contributed by atoms with Gasteiger partial charge in [-0.1, -0.05) is 0 Å². The first kappa shape index (κ1) is 24.1. The molecule has 0 bridgehead atoms. The van der Waals surface area contributed by atoms with Crippen molar-refractivity contribution in [1.29, 1.82) is 0 Å². The molecule has 0 radical (unpaired) electrons. The number of carbonyl (C=O) groups excluding carboxylic acids is 1. The molecule has 2 aliphatic heterocycles. The van der Waals surface area contributed by atoms with Crippen molar-refractivity contribution >= 4 is 49.0 Å². The van der Waals surface area contributed by atoms with E-state index in [-0.39, 0.29) is 11.9 Å². The molecule has 186 valence electrons. The molecule has 4 heterocycles. The van der Waals surface area contributed by atoms with Gasteiger partial charge >= 0.3 is 0 Å². The molecule has 35 heavy (non-hydrogen) atoms. The Hall–Kier alpha value is -2.60. The molecule has 0 spiro atoms. The standard InChI is InChI=1S/C24H30N6O3S2/c1-16-14-34-23-22(16)25-15-26-24(23)27-17(2)13-28-8-10-29(11-9-28)35(32,33)20-4-5-21-19(12-20)6-7-30(21)18(3)31/h4-5,12,14-15,17H,6-11,13H2,1-3H3,(H,25,26,27)/t17-/m0/s1. The highest BCUT2D eigenvalue weighted by molar-refractivity contribution is 7.89. The third kappa shape index (κ3) is 4.65. The molecule has 0 saturated carbocycles. The number of amides is 1. The number of aryl methyl sites for hydroxylation is 1. The van der Waals surface area contributed by atoms with E-state index in [9.17, 15) is 13.2 Å². The molecule has 1 saturated heterocycles. The third-order valence-corrected chi connectivity index (χ3v) is 9.73. The Labute approximate surface area is 209 Å². The summed E-state index contributed by atoms with van der Waals surface area (Å²) in [5.41, 5.74) is 3.88. The Kier molecular flexibility index (Phi) is 6.51. The van der Waals surface area contributed by atoms with Crippen molar-refractivity contribution < 1.29 is 13.2 Å². The summed E-state index contributed by atoms with van der Waals surface area (Å²) >= 11 is 1.64. The SMILES string of the molecule is CC(=O)N1CCc2cc(S(=O)(=O)N3CCN(C[C@H](C)Nc4ncnc5c(C)csc45)CC3)ccc21. The fraction of sp³-hybridized carbons (Fsp3) is 0.458. The summed E-state index contributed by atoms with van der Waals surface area (Å²) in [7, 11) is -3.57. The molecule has 1 atom stereocenters. The maximum atomic E-state index is 13.3. The lowest BCUT2D eigenvalue weighted by atomic mass is 10.2. The first-order chi connectivity index (χ1) is 16.7. The van der Waals surface area contributed by atoms with E-state index < -0.39 is 10.0 Å². The van der Waals surface area contributed by atoms with E-state index in [1.165, 1.54) is 6.92 Å².